The van der Waals surface area contributed by atoms with E-state index in [0.717, 1.165) is 24.1 Å². The number of alkyl halides is 1. The van der Waals surface area contributed by atoms with Crippen LogP contribution in [0.25, 0.3) is 0 Å². The molecule has 134 valence electrons. The average Bonchev–Trinajstić information content (AvgIpc) is 2.88. The van der Waals surface area contributed by atoms with E-state index in [1.807, 2.05) is 24.7 Å². The van der Waals surface area contributed by atoms with Gasteiger partial charge in [0, 0.05) is 37.3 Å². The normalized spacial score (nSPS) is 16.6. The molecule has 1 aliphatic rings. The number of carbonyl (C=O) groups is 1. The van der Waals surface area contributed by atoms with Crippen molar-refractivity contribution in [3.8, 4) is 0 Å². The Labute approximate surface area is 152 Å². The van der Waals surface area contributed by atoms with Gasteiger partial charge < -0.3 is 4.90 Å². The minimum Gasteiger partial charge on any atom is -0.334 e. The van der Waals surface area contributed by atoms with Crippen LogP contribution in [-0.4, -0.2) is 32.5 Å². The van der Waals surface area contributed by atoms with Crippen LogP contribution in [0.1, 0.15) is 34.5 Å². The number of halogens is 2. The molecule has 1 amide bonds. The Balaban J connectivity index is 1.88. The fourth-order valence-electron chi connectivity index (χ4n) is 3.65. The molecule has 1 unspecified atom stereocenters. The van der Waals surface area contributed by atoms with E-state index >= 15 is 0 Å². The number of benzene rings is 1. The third kappa shape index (κ3) is 3.43. The van der Waals surface area contributed by atoms with Gasteiger partial charge in [0.05, 0.1) is 5.69 Å². The van der Waals surface area contributed by atoms with Gasteiger partial charge in [-0.05, 0) is 43.9 Å². The van der Waals surface area contributed by atoms with Crippen molar-refractivity contribution in [3.63, 3.8) is 0 Å². The molecule has 1 aliphatic carbocycles. The SMILES string of the molecule is Cc1cccc(F)c1CN(C(=O)CCl)C1CCc2c(nn(C)c2C)C1. The predicted molar refractivity (Wildman–Crippen MR) is 96.2 cm³/mol. The Morgan fingerprint density at radius 1 is 1.44 bits per heavy atom. The summed E-state index contributed by atoms with van der Waals surface area (Å²) in [6.45, 7) is 4.18. The van der Waals surface area contributed by atoms with E-state index in [-0.39, 0.29) is 30.2 Å². The number of carbonyl (C=O) groups excluding carboxylic acids is 1. The molecule has 0 saturated carbocycles. The fourth-order valence-corrected chi connectivity index (χ4v) is 3.80. The molecule has 0 aliphatic heterocycles. The van der Waals surface area contributed by atoms with Gasteiger partial charge in [-0.25, -0.2) is 4.39 Å². The van der Waals surface area contributed by atoms with Gasteiger partial charge >= 0.3 is 0 Å². The number of hydrogen-bond donors (Lipinski definition) is 0. The van der Waals surface area contributed by atoms with Gasteiger partial charge in [-0.15, -0.1) is 11.6 Å². The van der Waals surface area contributed by atoms with Crippen LogP contribution < -0.4 is 0 Å². The number of hydrogen-bond acceptors (Lipinski definition) is 2. The maximum atomic E-state index is 14.3. The van der Waals surface area contributed by atoms with E-state index in [1.54, 1.807) is 11.0 Å². The number of nitrogens with zero attached hydrogens (tertiary/aromatic N) is 3. The Bertz CT molecular complexity index is 782. The zero-order chi connectivity index (χ0) is 18.1. The quantitative estimate of drug-likeness (QED) is 0.782. The summed E-state index contributed by atoms with van der Waals surface area (Å²) in [7, 11) is 1.94. The topological polar surface area (TPSA) is 38.1 Å². The van der Waals surface area contributed by atoms with Crippen LogP contribution in [0.3, 0.4) is 0 Å². The highest BCUT2D eigenvalue weighted by atomic mass is 35.5. The Kier molecular flexibility index (Phi) is 5.13. The van der Waals surface area contributed by atoms with E-state index in [4.69, 9.17) is 11.6 Å². The summed E-state index contributed by atoms with van der Waals surface area (Å²) in [5.41, 5.74) is 4.89. The number of aryl methyl sites for hydroxylation is 2. The molecule has 2 aromatic rings. The van der Waals surface area contributed by atoms with E-state index in [2.05, 4.69) is 12.0 Å². The summed E-state index contributed by atoms with van der Waals surface area (Å²) < 4.78 is 16.1. The van der Waals surface area contributed by atoms with Crippen molar-refractivity contribution in [2.24, 2.45) is 7.05 Å². The van der Waals surface area contributed by atoms with Crippen LogP contribution in [0.15, 0.2) is 18.2 Å². The van der Waals surface area contributed by atoms with Gasteiger partial charge in [0.15, 0.2) is 0 Å². The molecular weight excluding hydrogens is 341 g/mol. The van der Waals surface area contributed by atoms with Crippen LogP contribution in [-0.2, 0) is 31.2 Å². The lowest BCUT2D eigenvalue weighted by Crippen LogP contribution is -2.44. The standard InChI is InChI=1S/C19H23ClFN3O/c1-12-5-4-6-17(21)16(12)11-24(19(25)10-20)14-7-8-15-13(2)23(3)22-18(15)9-14/h4-6,14H,7-11H2,1-3H3. The third-order valence-electron chi connectivity index (χ3n) is 5.25. The smallest absolute Gasteiger partial charge is 0.238 e. The van der Waals surface area contributed by atoms with Crippen molar-refractivity contribution in [2.45, 2.75) is 45.7 Å². The molecule has 3 rings (SSSR count). The Morgan fingerprint density at radius 2 is 2.20 bits per heavy atom. The zero-order valence-electron chi connectivity index (χ0n) is 14.9. The van der Waals surface area contributed by atoms with Gasteiger partial charge in [-0.3, -0.25) is 9.48 Å². The second kappa shape index (κ2) is 7.16. The first-order chi connectivity index (χ1) is 11.9. The highest BCUT2D eigenvalue weighted by Gasteiger charge is 2.31. The first-order valence-corrected chi connectivity index (χ1v) is 9.06. The molecule has 0 fully saturated rings. The monoisotopic (exact) mass is 363 g/mol. The molecule has 25 heavy (non-hydrogen) atoms. The molecule has 6 heteroatoms. The second-order valence-electron chi connectivity index (χ2n) is 6.72. The molecule has 1 heterocycles. The number of rotatable bonds is 4. The number of fused-ring (bicyclic) bond motifs is 1. The maximum Gasteiger partial charge on any atom is 0.238 e. The minimum absolute atomic E-state index is 0.00736. The van der Waals surface area contributed by atoms with Gasteiger partial charge in [-0.1, -0.05) is 12.1 Å². The molecule has 4 nitrogen and oxygen atoms in total. The third-order valence-corrected chi connectivity index (χ3v) is 5.48. The van der Waals surface area contributed by atoms with Gasteiger partial charge in [0.2, 0.25) is 5.91 Å². The highest BCUT2D eigenvalue weighted by Crippen LogP contribution is 2.28. The van der Waals surface area contributed by atoms with Crippen LogP contribution in [0.2, 0.25) is 0 Å². The molecule has 1 aromatic heterocycles. The molecule has 1 aromatic carbocycles. The Morgan fingerprint density at radius 3 is 2.88 bits per heavy atom. The lowest BCUT2D eigenvalue weighted by Gasteiger charge is -2.34. The summed E-state index contributed by atoms with van der Waals surface area (Å²) in [5.74, 6) is -0.541. The van der Waals surface area contributed by atoms with E-state index in [9.17, 15) is 9.18 Å². The van der Waals surface area contributed by atoms with Crippen molar-refractivity contribution in [2.75, 3.05) is 5.88 Å². The van der Waals surface area contributed by atoms with E-state index in [0.29, 0.717) is 12.0 Å². The fraction of sp³-hybridized carbons (Fsp3) is 0.474. The number of amides is 1. The second-order valence-corrected chi connectivity index (χ2v) is 6.99. The summed E-state index contributed by atoms with van der Waals surface area (Å²) in [6, 6.07) is 4.98. The Hall–Kier alpha value is -1.88. The average molecular weight is 364 g/mol. The number of aromatic nitrogens is 2. The van der Waals surface area contributed by atoms with Crippen molar-refractivity contribution >= 4 is 17.5 Å². The van der Waals surface area contributed by atoms with Gasteiger partial charge in [0.1, 0.15) is 11.7 Å². The first-order valence-electron chi connectivity index (χ1n) is 8.53. The summed E-state index contributed by atoms with van der Waals surface area (Å²) in [6.07, 6.45) is 2.41. The zero-order valence-corrected chi connectivity index (χ0v) is 15.6. The molecule has 0 radical (unpaired) electrons. The van der Waals surface area contributed by atoms with Gasteiger partial charge in [-0.2, -0.15) is 5.10 Å². The largest absolute Gasteiger partial charge is 0.334 e. The lowest BCUT2D eigenvalue weighted by molar-refractivity contribution is -0.131. The maximum absolute atomic E-state index is 14.3. The van der Waals surface area contributed by atoms with E-state index in [1.165, 1.54) is 17.3 Å². The van der Waals surface area contributed by atoms with Crippen molar-refractivity contribution in [1.29, 1.82) is 0 Å². The van der Waals surface area contributed by atoms with Crippen LogP contribution in [0.4, 0.5) is 4.39 Å². The van der Waals surface area contributed by atoms with Crippen LogP contribution in [0.5, 0.6) is 0 Å². The van der Waals surface area contributed by atoms with Crippen molar-refractivity contribution < 1.29 is 9.18 Å². The van der Waals surface area contributed by atoms with Crippen molar-refractivity contribution in [1.82, 2.24) is 14.7 Å². The molecule has 1 atom stereocenters. The molecular formula is C19H23ClFN3O. The summed E-state index contributed by atoms with van der Waals surface area (Å²) >= 11 is 5.84. The molecule has 0 bridgehead atoms. The lowest BCUT2D eigenvalue weighted by atomic mass is 9.90. The van der Waals surface area contributed by atoms with Gasteiger partial charge in [0.25, 0.3) is 0 Å². The van der Waals surface area contributed by atoms with Crippen molar-refractivity contribution in [3.05, 3.63) is 52.1 Å². The summed E-state index contributed by atoms with van der Waals surface area (Å²) in [4.78, 5) is 14.2. The molecule has 0 saturated heterocycles. The van der Waals surface area contributed by atoms with Crippen LogP contribution >= 0.6 is 11.6 Å². The molecule has 0 N–H and O–H groups in total. The minimum atomic E-state index is -0.280. The van der Waals surface area contributed by atoms with Crippen LogP contribution in [0, 0.1) is 19.7 Å². The highest BCUT2D eigenvalue weighted by molar-refractivity contribution is 6.27. The summed E-state index contributed by atoms with van der Waals surface area (Å²) in [5, 5.41) is 4.58. The first kappa shape index (κ1) is 17.9. The van der Waals surface area contributed by atoms with E-state index < -0.39 is 0 Å². The molecule has 0 spiro atoms. The predicted octanol–water partition coefficient (Wildman–Crippen LogP) is 3.30.